The molecule has 0 aliphatic carbocycles. The molecule has 0 saturated carbocycles. The number of aromatic nitrogens is 1. The van der Waals surface area contributed by atoms with E-state index in [1.165, 1.54) is 30.0 Å². The molecular formula is C15H15FN2O3. The Morgan fingerprint density at radius 3 is 2.86 bits per heavy atom. The van der Waals surface area contributed by atoms with Crippen LogP contribution < -0.4 is 0 Å². The van der Waals surface area contributed by atoms with E-state index in [2.05, 4.69) is 11.6 Å². The van der Waals surface area contributed by atoms with Gasteiger partial charge in [-0.3, -0.25) is 9.79 Å². The summed E-state index contributed by atoms with van der Waals surface area (Å²) in [6, 6.07) is 4.21. The second-order valence-corrected chi connectivity index (χ2v) is 4.43. The zero-order chi connectivity index (χ0) is 15.6. The Morgan fingerprint density at radius 1 is 1.57 bits per heavy atom. The first-order valence-electron chi connectivity index (χ1n) is 6.24. The number of nitrogens with zero attached hydrogens (tertiary/aromatic N) is 2. The van der Waals surface area contributed by atoms with E-state index in [4.69, 9.17) is 9.84 Å². The molecule has 0 amide bonds. The summed E-state index contributed by atoms with van der Waals surface area (Å²) in [5.41, 5.74) is 1.81. The number of carboxylic acid groups (broad SMARTS) is 1. The number of ether oxygens (including phenoxy) is 1. The second-order valence-electron chi connectivity index (χ2n) is 4.43. The van der Waals surface area contributed by atoms with Gasteiger partial charge in [-0.15, -0.1) is 0 Å². The number of hydrogen-bond donors (Lipinski definition) is 1. The normalized spacial score (nSPS) is 11.7. The predicted molar refractivity (Wildman–Crippen MR) is 78.0 cm³/mol. The Morgan fingerprint density at radius 2 is 2.29 bits per heavy atom. The number of rotatable bonds is 4. The average Bonchev–Trinajstić information content (AvgIpc) is 2.69. The summed E-state index contributed by atoms with van der Waals surface area (Å²) in [5, 5.41) is 9.73. The maximum absolute atomic E-state index is 13.4. The molecule has 0 unspecified atom stereocenters. The van der Waals surface area contributed by atoms with Crippen molar-refractivity contribution in [3.05, 3.63) is 48.1 Å². The van der Waals surface area contributed by atoms with Crippen molar-refractivity contribution in [3.63, 3.8) is 0 Å². The fraction of sp³-hybridized carbons (Fsp3) is 0.200. The summed E-state index contributed by atoms with van der Waals surface area (Å²) in [4.78, 5) is 15.1. The maximum atomic E-state index is 13.4. The van der Waals surface area contributed by atoms with Crippen molar-refractivity contribution < 1.29 is 19.0 Å². The van der Waals surface area contributed by atoms with Gasteiger partial charge in [-0.2, -0.15) is 0 Å². The summed E-state index contributed by atoms with van der Waals surface area (Å²) in [7, 11) is 1.53. The van der Waals surface area contributed by atoms with Gasteiger partial charge < -0.3 is 14.4 Å². The molecule has 6 heteroatoms. The molecule has 110 valence electrons. The lowest BCUT2D eigenvalue weighted by molar-refractivity contribution is -0.137. The predicted octanol–water partition coefficient (Wildman–Crippen LogP) is 2.71. The summed E-state index contributed by atoms with van der Waals surface area (Å²) in [5.74, 6) is -1.16. The van der Waals surface area contributed by atoms with Gasteiger partial charge in [0.25, 0.3) is 0 Å². The van der Waals surface area contributed by atoms with E-state index in [0.717, 1.165) is 0 Å². The number of carboxylic acids is 1. The Labute approximate surface area is 121 Å². The highest BCUT2D eigenvalue weighted by Gasteiger charge is 2.21. The largest absolute Gasteiger partial charge is 0.480 e. The molecule has 0 aliphatic heterocycles. The van der Waals surface area contributed by atoms with Crippen LogP contribution in [-0.4, -0.2) is 28.6 Å². The van der Waals surface area contributed by atoms with Gasteiger partial charge in [0.1, 0.15) is 18.1 Å². The van der Waals surface area contributed by atoms with Crippen LogP contribution >= 0.6 is 0 Å². The van der Waals surface area contributed by atoms with Crippen LogP contribution in [0, 0.1) is 12.7 Å². The molecular weight excluding hydrogens is 275 g/mol. The minimum atomic E-state index is -1.01. The van der Waals surface area contributed by atoms with E-state index in [0.29, 0.717) is 22.2 Å². The number of halogens is 1. The molecule has 1 aromatic carbocycles. The van der Waals surface area contributed by atoms with Crippen LogP contribution in [0.15, 0.2) is 36.0 Å². The fourth-order valence-electron chi connectivity index (χ4n) is 2.36. The third kappa shape index (κ3) is 2.65. The van der Waals surface area contributed by atoms with Crippen LogP contribution in [-0.2, 0) is 16.1 Å². The van der Waals surface area contributed by atoms with Crippen molar-refractivity contribution in [1.82, 2.24) is 4.57 Å². The van der Waals surface area contributed by atoms with Gasteiger partial charge in [0, 0.05) is 18.0 Å². The molecule has 0 fully saturated rings. The molecule has 1 aromatic heterocycles. The number of carbonyl (C=O) groups is 1. The zero-order valence-electron chi connectivity index (χ0n) is 11.8. The van der Waals surface area contributed by atoms with Gasteiger partial charge >= 0.3 is 5.97 Å². The van der Waals surface area contributed by atoms with Gasteiger partial charge in [0.15, 0.2) is 0 Å². The third-order valence-corrected chi connectivity index (χ3v) is 3.17. The smallest absolute Gasteiger partial charge is 0.323 e. The highest BCUT2D eigenvalue weighted by molar-refractivity contribution is 6.02. The summed E-state index contributed by atoms with van der Waals surface area (Å²) < 4.78 is 20.2. The van der Waals surface area contributed by atoms with Crippen molar-refractivity contribution in [3.8, 4) is 0 Å². The van der Waals surface area contributed by atoms with Crippen molar-refractivity contribution in [1.29, 1.82) is 0 Å². The van der Waals surface area contributed by atoms with Crippen LogP contribution in [0.4, 0.5) is 4.39 Å². The van der Waals surface area contributed by atoms with E-state index < -0.39 is 5.97 Å². The molecule has 2 rings (SSSR count). The van der Waals surface area contributed by atoms with E-state index in [1.807, 2.05) is 0 Å². The van der Waals surface area contributed by atoms with Crippen LogP contribution in [0.3, 0.4) is 0 Å². The van der Waals surface area contributed by atoms with E-state index in [-0.39, 0.29) is 18.3 Å². The topological polar surface area (TPSA) is 63.8 Å². The van der Waals surface area contributed by atoms with Gasteiger partial charge in [-0.25, -0.2) is 4.39 Å². The number of fused-ring (bicyclic) bond motifs is 1. The van der Waals surface area contributed by atoms with Crippen LogP contribution in [0.1, 0.15) is 11.3 Å². The molecule has 5 nitrogen and oxygen atoms in total. The Bertz CT molecular complexity index is 747. The van der Waals surface area contributed by atoms with Gasteiger partial charge in [0.2, 0.25) is 5.90 Å². The minimum absolute atomic E-state index is 0.236. The maximum Gasteiger partial charge on any atom is 0.323 e. The molecule has 1 heterocycles. The molecule has 2 aromatic rings. The van der Waals surface area contributed by atoms with Crippen molar-refractivity contribution in [2.24, 2.45) is 4.99 Å². The van der Waals surface area contributed by atoms with E-state index in [1.54, 1.807) is 13.0 Å². The van der Waals surface area contributed by atoms with E-state index >= 15 is 0 Å². The summed E-state index contributed by atoms with van der Waals surface area (Å²) in [6.07, 6.45) is 1.21. The molecule has 0 spiro atoms. The lowest BCUT2D eigenvalue weighted by Crippen LogP contribution is -2.17. The molecule has 1 N–H and O–H groups in total. The SMILES string of the molecule is C=COC(=NC)c1c(C)c2cc(F)ccc2n1CC(=O)O. The van der Waals surface area contributed by atoms with Crippen molar-refractivity contribution in [2.45, 2.75) is 13.5 Å². The van der Waals surface area contributed by atoms with Gasteiger partial charge in [0.05, 0.1) is 6.26 Å². The molecule has 0 saturated heterocycles. The average molecular weight is 290 g/mol. The third-order valence-electron chi connectivity index (χ3n) is 3.17. The molecule has 0 bridgehead atoms. The zero-order valence-corrected chi connectivity index (χ0v) is 11.8. The van der Waals surface area contributed by atoms with Crippen molar-refractivity contribution in [2.75, 3.05) is 7.05 Å². The number of hydrogen-bond acceptors (Lipinski definition) is 3. The standard InChI is InChI=1S/C15H15FN2O3/c1-4-21-15(17-3)14-9(2)11-7-10(16)5-6-12(11)18(14)8-13(19)20/h4-7H,1,8H2,2-3H3,(H,19,20). The van der Waals surface area contributed by atoms with Crippen molar-refractivity contribution >= 4 is 22.8 Å². The molecule has 0 aliphatic rings. The number of benzene rings is 1. The van der Waals surface area contributed by atoms with E-state index in [9.17, 15) is 9.18 Å². The van der Waals surface area contributed by atoms with Gasteiger partial charge in [-0.05, 0) is 30.7 Å². The van der Waals surface area contributed by atoms with Crippen LogP contribution in [0.5, 0.6) is 0 Å². The van der Waals surface area contributed by atoms with Crippen LogP contribution in [0.25, 0.3) is 10.9 Å². The summed E-state index contributed by atoms with van der Waals surface area (Å²) >= 11 is 0. The lowest BCUT2D eigenvalue weighted by atomic mass is 10.1. The monoisotopic (exact) mass is 290 g/mol. The Kier molecular flexibility index (Phi) is 4.07. The Balaban J connectivity index is 2.80. The summed E-state index contributed by atoms with van der Waals surface area (Å²) in [6.45, 7) is 4.97. The number of aryl methyl sites for hydroxylation is 1. The molecule has 21 heavy (non-hydrogen) atoms. The number of aliphatic imine (C=N–C) groups is 1. The molecule has 0 radical (unpaired) electrons. The highest BCUT2D eigenvalue weighted by Crippen LogP contribution is 2.27. The first-order valence-corrected chi connectivity index (χ1v) is 6.24. The first kappa shape index (κ1) is 14.8. The Hall–Kier alpha value is -2.63. The quantitative estimate of drug-likeness (QED) is 0.535. The number of aliphatic carboxylic acids is 1. The molecule has 0 atom stereocenters. The minimum Gasteiger partial charge on any atom is -0.480 e. The van der Waals surface area contributed by atoms with Crippen LogP contribution in [0.2, 0.25) is 0 Å². The second kappa shape index (κ2) is 5.78. The first-order chi connectivity index (χ1) is 9.99. The highest BCUT2D eigenvalue weighted by atomic mass is 19.1. The fourth-order valence-corrected chi connectivity index (χ4v) is 2.36. The lowest BCUT2D eigenvalue weighted by Gasteiger charge is -2.10. The van der Waals surface area contributed by atoms with Gasteiger partial charge in [-0.1, -0.05) is 6.58 Å².